The molecule has 0 heterocycles. The first kappa shape index (κ1) is 10.7. The maximum Gasteiger partial charge on any atom is 0.127 e. The van der Waals surface area contributed by atoms with Crippen LogP contribution in [0.3, 0.4) is 0 Å². The average molecular weight is 164 g/mol. The van der Waals surface area contributed by atoms with E-state index in [0.29, 0.717) is 0 Å². The summed E-state index contributed by atoms with van der Waals surface area (Å²) in [5, 5.41) is 0. The molecule has 66 valence electrons. The quantitative estimate of drug-likeness (QED) is 0.355. The second kappa shape index (κ2) is 6.40. The minimum absolute atomic E-state index is 0.910. The second-order valence-corrected chi connectivity index (χ2v) is 2.46. The standard InChI is InChI=1S/C10H16N2/c1-5-7-8-10(12(3)4)11-9-6-2/h5-9H,1H2,2-4H3/b8-7-,9-6+,11-10-. The molecule has 0 atom stereocenters. The highest BCUT2D eigenvalue weighted by atomic mass is 15.1. The van der Waals surface area contributed by atoms with Crippen molar-refractivity contribution in [2.75, 3.05) is 14.1 Å². The molecule has 0 aliphatic rings. The zero-order chi connectivity index (χ0) is 9.40. The SMILES string of the molecule is C=C\C=C/C(=N/C=C/C)N(C)C. The van der Waals surface area contributed by atoms with Gasteiger partial charge in [-0.15, -0.1) is 0 Å². The van der Waals surface area contributed by atoms with Gasteiger partial charge in [-0.25, -0.2) is 4.99 Å². The summed E-state index contributed by atoms with van der Waals surface area (Å²) in [5.74, 6) is 0.910. The molecule has 0 saturated carbocycles. The largest absolute Gasteiger partial charge is 0.363 e. The van der Waals surface area contributed by atoms with Crippen LogP contribution >= 0.6 is 0 Å². The minimum Gasteiger partial charge on any atom is -0.363 e. The third-order valence-corrected chi connectivity index (χ3v) is 1.20. The fourth-order valence-corrected chi connectivity index (χ4v) is 0.613. The zero-order valence-corrected chi connectivity index (χ0v) is 7.99. The van der Waals surface area contributed by atoms with Crippen molar-refractivity contribution in [1.82, 2.24) is 4.90 Å². The molecule has 0 radical (unpaired) electrons. The van der Waals surface area contributed by atoms with E-state index in [9.17, 15) is 0 Å². The Kier molecular flexibility index (Phi) is 5.70. The van der Waals surface area contributed by atoms with Crippen molar-refractivity contribution >= 4 is 5.84 Å². The Balaban J connectivity index is 4.42. The van der Waals surface area contributed by atoms with E-state index in [2.05, 4.69) is 11.6 Å². The molecule has 0 aliphatic heterocycles. The predicted octanol–water partition coefficient (Wildman–Crippen LogP) is 2.22. The van der Waals surface area contributed by atoms with Crippen molar-refractivity contribution in [2.45, 2.75) is 6.92 Å². The summed E-state index contributed by atoms with van der Waals surface area (Å²) in [6.45, 7) is 5.53. The fraction of sp³-hybridized carbons (Fsp3) is 0.300. The van der Waals surface area contributed by atoms with E-state index in [1.54, 1.807) is 12.3 Å². The molecule has 0 unspecified atom stereocenters. The Hall–Kier alpha value is -1.31. The van der Waals surface area contributed by atoms with Gasteiger partial charge in [-0.1, -0.05) is 24.8 Å². The Bertz CT molecular complexity index is 210. The molecular weight excluding hydrogens is 148 g/mol. The van der Waals surface area contributed by atoms with Crippen LogP contribution in [-0.4, -0.2) is 24.8 Å². The van der Waals surface area contributed by atoms with E-state index >= 15 is 0 Å². The van der Waals surface area contributed by atoms with Crippen LogP contribution in [0.15, 0.2) is 42.1 Å². The lowest BCUT2D eigenvalue weighted by atomic mass is 10.4. The first-order valence-corrected chi connectivity index (χ1v) is 3.87. The van der Waals surface area contributed by atoms with Crippen molar-refractivity contribution < 1.29 is 0 Å². The summed E-state index contributed by atoms with van der Waals surface area (Å²) in [6, 6.07) is 0. The average Bonchev–Trinajstić information content (AvgIpc) is 2.04. The molecule has 0 amide bonds. The van der Waals surface area contributed by atoms with Crippen molar-refractivity contribution in [3.8, 4) is 0 Å². The predicted molar refractivity (Wildman–Crippen MR) is 55.3 cm³/mol. The highest BCUT2D eigenvalue weighted by Gasteiger charge is 1.92. The van der Waals surface area contributed by atoms with E-state index in [1.165, 1.54) is 0 Å². The number of nitrogens with zero attached hydrogens (tertiary/aromatic N) is 2. The van der Waals surface area contributed by atoms with Crippen LogP contribution in [0.1, 0.15) is 6.92 Å². The highest BCUT2D eigenvalue weighted by molar-refractivity contribution is 5.93. The summed E-state index contributed by atoms with van der Waals surface area (Å²) in [4.78, 5) is 6.15. The smallest absolute Gasteiger partial charge is 0.127 e. The van der Waals surface area contributed by atoms with Gasteiger partial charge < -0.3 is 4.90 Å². The van der Waals surface area contributed by atoms with Crippen LogP contribution in [0.2, 0.25) is 0 Å². The molecule has 2 heteroatoms. The number of amidine groups is 1. The van der Waals surface area contributed by atoms with E-state index in [4.69, 9.17) is 0 Å². The lowest BCUT2D eigenvalue weighted by Crippen LogP contribution is -2.19. The monoisotopic (exact) mass is 164 g/mol. The molecule has 0 N–H and O–H groups in total. The number of hydrogen-bond donors (Lipinski definition) is 0. The van der Waals surface area contributed by atoms with Gasteiger partial charge in [-0.2, -0.15) is 0 Å². The topological polar surface area (TPSA) is 15.6 Å². The van der Waals surface area contributed by atoms with Gasteiger partial charge >= 0.3 is 0 Å². The van der Waals surface area contributed by atoms with Crippen molar-refractivity contribution in [3.05, 3.63) is 37.1 Å². The summed E-state index contributed by atoms with van der Waals surface area (Å²) in [6.07, 6.45) is 9.16. The normalized spacial score (nSPS) is 12.8. The van der Waals surface area contributed by atoms with Crippen molar-refractivity contribution in [3.63, 3.8) is 0 Å². The zero-order valence-electron chi connectivity index (χ0n) is 7.99. The van der Waals surface area contributed by atoms with Crippen molar-refractivity contribution in [2.24, 2.45) is 4.99 Å². The molecule has 2 nitrogen and oxygen atoms in total. The van der Waals surface area contributed by atoms with Crippen LogP contribution in [0.25, 0.3) is 0 Å². The Morgan fingerprint density at radius 2 is 2.08 bits per heavy atom. The molecule has 0 aromatic rings. The summed E-state index contributed by atoms with van der Waals surface area (Å²) in [7, 11) is 3.91. The summed E-state index contributed by atoms with van der Waals surface area (Å²) in [5.41, 5.74) is 0. The first-order chi connectivity index (χ1) is 5.72. The Labute approximate surface area is 74.6 Å². The minimum atomic E-state index is 0.910. The van der Waals surface area contributed by atoms with Crippen LogP contribution in [-0.2, 0) is 0 Å². The second-order valence-electron chi connectivity index (χ2n) is 2.46. The van der Waals surface area contributed by atoms with Gasteiger partial charge in [0, 0.05) is 20.3 Å². The van der Waals surface area contributed by atoms with Gasteiger partial charge in [0.05, 0.1) is 0 Å². The molecule has 0 spiro atoms. The lowest BCUT2D eigenvalue weighted by molar-refractivity contribution is 0.626. The number of likely N-dealkylation sites (N-methyl/N-ethyl adjacent to an activating group) is 1. The Morgan fingerprint density at radius 3 is 2.50 bits per heavy atom. The third kappa shape index (κ3) is 4.50. The van der Waals surface area contributed by atoms with E-state index in [-0.39, 0.29) is 0 Å². The number of aliphatic imine (C=N–C) groups is 1. The van der Waals surface area contributed by atoms with Crippen molar-refractivity contribution in [1.29, 1.82) is 0 Å². The van der Waals surface area contributed by atoms with Gasteiger partial charge in [-0.3, -0.25) is 0 Å². The Morgan fingerprint density at radius 1 is 1.42 bits per heavy atom. The molecular formula is C10H16N2. The maximum atomic E-state index is 4.21. The number of hydrogen-bond acceptors (Lipinski definition) is 1. The van der Waals surface area contributed by atoms with E-state index < -0.39 is 0 Å². The number of allylic oxidation sites excluding steroid dienone is 3. The molecule has 0 bridgehead atoms. The van der Waals surface area contributed by atoms with Crippen LogP contribution < -0.4 is 0 Å². The van der Waals surface area contributed by atoms with Gasteiger partial charge in [0.2, 0.25) is 0 Å². The maximum absolute atomic E-state index is 4.21. The van der Waals surface area contributed by atoms with E-state index in [1.807, 2.05) is 44.1 Å². The van der Waals surface area contributed by atoms with E-state index in [0.717, 1.165) is 5.84 Å². The molecule has 0 aromatic heterocycles. The fourth-order valence-electron chi connectivity index (χ4n) is 0.613. The summed E-state index contributed by atoms with van der Waals surface area (Å²) >= 11 is 0. The lowest BCUT2D eigenvalue weighted by Gasteiger charge is -2.10. The van der Waals surface area contributed by atoms with Gasteiger partial charge in [-0.05, 0) is 13.0 Å². The van der Waals surface area contributed by atoms with Crippen LogP contribution in [0, 0.1) is 0 Å². The molecule has 0 aliphatic carbocycles. The van der Waals surface area contributed by atoms with Gasteiger partial charge in [0.15, 0.2) is 0 Å². The van der Waals surface area contributed by atoms with Crippen LogP contribution in [0.4, 0.5) is 0 Å². The molecule has 0 aromatic carbocycles. The molecule has 12 heavy (non-hydrogen) atoms. The third-order valence-electron chi connectivity index (χ3n) is 1.20. The van der Waals surface area contributed by atoms with Crippen LogP contribution in [0.5, 0.6) is 0 Å². The first-order valence-electron chi connectivity index (χ1n) is 3.87. The summed E-state index contributed by atoms with van der Waals surface area (Å²) < 4.78 is 0. The number of rotatable bonds is 3. The van der Waals surface area contributed by atoms with Gasteiger partial charge in [0.1, 0.15) is 5.84 Å². The molecule has 0 fully saturated rings. The highest BCUT2D eigenvalue weighted by Crippen LogP contribution is 1.89. The molecule has 0 saturated heterocycles. The van der Waals surface area contributed by atoms with Gasteiger partial charge in [0.25, 0.3) is 0 Å². The molecule has 0 rings (SSSR count).